The molecule has 0 fully saturated rings. The third-order valence-corrected chi connectivity index (χ3v) is 3.67. The normalized spacial score (nSPS) is 12.8. The van der Waals surface area contributed by atoms with E-state index in [0.717, 1.165) is 29.8 Å². The summed E-state index contributed by atoms with van der Waals surface area (Å²) in [7, 11) is 0. The van der Waals surface area contributed by atoms with Crippen LogP contribution in [0.15, 0.2) is 47.1 Å². The highest BCUT2D eigenvalue weighted by molar-refractivity contribution is 5.75. The van der Waals surface area contributed by atoms with Crippen molar-refractivity contribution in [3.63, 3.8) is 0 Å². The fourth-order valence-corrected chi connectivity index (χ4v) is 2.64. The molecule has 2 heterocycles. The van der Waals surface area contributed by atoms with E-state index in [1.165, 1.54) is 0 Å². The minimum Gasteiger partial charge on any atom is -0.467 e. The molecule has 1 atom stereocenters. The smallest absolute Gasteiger partial charge is 0.133 e. The number of para-hydroxylation sites is 2. The molecule has 0 amide bonds. The molecule has 3 aromatic rings. The Hall–Kier alpha value is -2.11. The van der Waals surface area contributed by atoms with Crippen LogP contribution in [0, 0.1) is 0 Å². The number of aliphatic hydroxyl groups excluding tert-OH is 1. The number of imidazole rings is 1. The largest absolute Gasteiger partial charge is 0.467 e. The van der Waals surface area contributed by atoms with E-state index < -0.39 is 6.10 Å². The molecule has 2 aromatic heterocycles. The molecule has 0 saturated carbocycles. The van der Waals surface area contributed by atoms with Crippen LogP contribution >= 0.6 is 0 Å². The quantitative estimate of drug-likeness (QED) is 0.704. The number of aliphatic hydroxyl groups is 1. The Labute approximate surface area is 129 Å². The Morgan fingerprint density at radius 1 is 1.27 bits per heavy atom. The van der Waals surface area contributed by atoms with Gasteiger partial charge in [-0.15, -0.1) is 0 Å². The summed E-state index contributed by atoms with van der Waals surface area (Å²) < 4.78 is 7.44. The van der Waals surface area contributed by atoms with Gasteiger partial charge in [0.05, 0.1) is 23.8 Å². The monoisotopic (exact) mass is 299 g/mol. The Morgan fingerprint density at radius 2 is 2.14 bits per heavy atom. The zero-order chi connectivity index (χ0) is 15.4. The Morgan fingerprint density at radius 3 is 2.91 bits per heavy atom. The van der Waals surface area contributed by atoms with Gasteiger partial charge in [0, 0.05) is 13.1 Å². The van der Waals surface area contributed by atoms with E-state index in [-0.39, 0.29) is 0 Å². The van der Waals surface area contributed by atoms with Gasteiger partial charge in [-0.2, -0.15) is 0 Å². The van der Waals surface area contributed by atoms with Crippen LogP contribution in [-0.4, -0.2) is 21.2 Å². The fraction of sp³-hybridized carbons (Fsp3) is 0.353. The molecule has 0 saturated heterocycles. The summed E-state index contributed by atoms with van der Waals surface area (Å²) in [6.45, 7) is 4.15. The van der Waals surface area contributed by atoms with Crippen LogP contribution in [0.1, 0.15) is 31.0 Å². The molecule has 0 aliphatic rings. The van der Waals surface area contributed by atoms with Crippen molar-refractivity contribution in [2.75, 3.05) is 6.54 Å². The second-order valence-corrected chi connectivity index (χ2v) is 5.33. The number of rotatable bonds is 7. The third kappa shape index (κ3) is 3.05. The van der Waals surface area contributed by atoms with Crippen molar-refractivity contribution in [3.05, 3.63) is 54.2 Å². The molecule has 3 rings (SSSR count). The second-order valence-electron chi connectivity index (χ2n) is 5.33. The summed E-state index contributed by atoms with van der Waals surface area (Å²) in [5.74, 6) is 1.57. The van der Waals surface area contributed by atoms with Gasteiger partial charge in [0.2, 0.25) is 0 Å². The van der Waals surface area contributed by atoms with Crippen molar-refractivity contribution in [2.45, 2.75) is 32.5 Å². The first-order valence-corrected chi connectivity index (χ1v) is 7.66. The number of nitrogens with one attached hydrogen (secondary N) is 1. The van der Waals surface area contributed by atoms with Gasteiger partial charge in [-0.1, -0.05) is 19.1 Å². The van der Waals surface area contributed by atoms with Gasteiger partial charge in [-0.05, 0) is 30.7 Å². The Kier molecular flexibility index (Phi) is 4.56. The minimum atomic E-state index is -0.640. The Bertz CT molecular complexity index is 719. The molecule has 0 aliphatic heterocycles. The third-order valence-electron chi connectivity index (χ3n) is 3.67. The van der Waals surface area contributed by atoms with Gasteiger partial charge in [-0.25, -0.2) is 4.98 Å². The molecule has 0 radical (unpaired) electrons. The van der Waals surface area contributed by atoms with Gasteiger partial charge < -0.3 is 19.4 Å². The number of furan rings is 1. The predicted molar refractivity (Wildman–Crippen MR) is 85.4 cm³/mol. The number of fused-ring (bicyclic) bond motifs is 1. The number of hydrogen-bond acceptors (Lipinski definition) is 4. The summed E-state index contributed by atoms with van der Waals surface area (Å²) in [5.41, 5.74) is 2.17. The van der Waals surface area contributed by atoms with Crippen LogP contribution < -0.4 is 5.32 Å². The van der Waals surface area contributed by atoms with Crippen LogP contribution in [0.25, 0.3) is 11.0 Å². The SMILES string of the molecule is CCCn1c(CNCC(O)c2ccco2)nc2ccccc21. The van der Waals surface area contributed by atoms with Gasteiger partial charge in [0.15, 0.2) is 0 Å². The minimum absolute atomic E-state index is 0.433. The molecule has 22 heavy (non-hydrogen) atoms. The van der Waals surface area contributed by atoms with E-state index >= 15 is 0 Å². The van der Waals surface area contributed by atoms with Crippen molar-refractivity contribution in [1.29, 1.82) is 0 Å². The lowest BCUT2D eigenvalue weighted by Gasteiger charge is -2.11. The number of aromatic nitrogens is 2. The van der Waals surface area contributed by atoms with Crippen molar-refractivity contribution >= 4 is 11.0 Å². The van der Waals surface area contributed by atoms with E-state index in [4.69, 9.17) is 4.42 Å². The molecule has 1 unspecified atom stereocenters. The lowest BCUT2D eigenvalue weighted by molar-refractivity contribution is 0.147. The van der Waals surface area contributed by atoms with Gasteiger partial charge >= 0.3 is 0 Å². The maximum atomic E-state index is 10.0. The van der Waals surface area contributed by atoms with Crippen LogP contribution in [0.4, 0.5) is 0 Å². The molecule has 5 nitrogen and oxygen atoms in total. The lowest BCUT2D eigenvalue weighted by atomic mass is 10.3. The maximum absolute atomic E-state index is 10.0. The van der Waals surface area contributed by atoms with E-state index in [1.54, 1.807) is 18.4 Å². The van der Waals surface area contributed by atoms with Crippen molar-refractivity contribution in [3.8, 4) is 0 Å². The first kappa shape index (κ1) is 14.8. The molecular formula is C17H21N3O2. The molecule has 5 heteroatoms. The molecule has 2 N–H and O–H groups in total. The van der Waals surface area contributed by atoms with Crippen molar-refractivity contribution < 1.29 is 9.52 Å². The standard InChI is InChI=1S/C17H21N3O2/c1-2-9-20-14-7-4-3-6-13(14)19-17(20)12-18-11-15(21)16-8-5-10-22-16/h3-8,10,15,18,21H,2,9,11-12H2,1H3. The molecular weight excluding hydrogens is 278 g/mol. The van der Waals surface area contributed by atoms with Gasteiger partial charge in [0.25, 0.3) is 0 Å². The van der Waals surface area contributed by atoms with Crippen molar-refractivity contribution in [2.24, 2.45) is 0 Å². The van der Waals surface area contributed by atoms with E-state index in [1.807, 2.05) is 18.2 Å². The summed E-state index contributed by atoms with van der Waals surface area (Å²) >= 11 is 0. The summed E-state index contributed by atoms with van der Waals surface area (Å²) in [4.78, 5) is 4.69. The number of aryl methyl sites for hydroxylation is 1. The molecule has 1 aromatic carbocycles. The Balaban J connectivity index is 1.69. The van der Waals surface area contributed by atoms with E-state index in [2.05, 4.69) is 27.9 Å². The zero-order valence-corrected chi connectivity index (χ0v) is 12.7. The summed E-state index contributed by atoms with van der Waals surface area (Å²) in [6, 6.07) is 11.7. The highest BCUT2D eigenvalue weighted by atomic mass is 16.4. The summed E-state index contributed by atoms with van der Waals surface area (Å²) in [6.07, 6.45) is 1.99. The second kappa shape index (κ2) is 6.77. The van der Waals surface area contributed by atoms with Crippen LogP contribution in [-0.2, 0) is 13.1 Å². The van der Waals surface area contributed by atoms with Crippen LogP contribution in [0.5, 0.6) is 0 Å². The topological polar surface area (TPSA) is 63.2 Å². The van der Waals surface area contributed by atoms with Gasteiger partial charge in [0.1, 0.15) is 17.7 Å². The van der Waals surface area contributed by atoms with Gasteiger partial charge in [-0.3, -0.25) is 0 Å². The van der Waals surface area contributed by atoms with Crippen molar-refractivity contribution in [1.82, 2.24) is 14.9 Å². The van der Waals surface area contributed by atoms with Crippen LogP contribution in [0.3, 0.4) is 0 Å². The average molecular weight is 299 g/mol. The fourth-order valence-electron chi connectivity index (χ4n) is 2.64. The molecule has 0 aliphatic carbocycles. The average Bonchev–Trinajstić information content (AvgIpc) is 3.16. The highest BCUT2D eigenvalue weighted by Crippen LogP contribution is 2.17. The summed E-state index contributed by atoms with van der Waals surface area (Å²) in [5, 5.41) is 13.3. The number of benzene rings is 1. The van der Waals surface area contributed by atoms with E-state index in [0.29, 0.717) is 18.8 Å². The molecule has 116 valence electrons. The highest BCUT2D eigenvalue weighted by Gasteiger charge is 2.12. The maximum Gasteiger partial charge on any atom is 0.133 e. The predicted octanol–water partition coefficient (Wildman–Crippen LogP) is 2.86. The first-order valence-electron chi connectivity index (χ1n) is 7.66. The zero-order valence-electron chi connectivity index (χ0n) is 12.7. The first-order chi connectivity index (χ1) is 10.8. The molecule has 0 bridgehead atoms. The number of hydrogen-bond donors (Lipinski definition) is 2. The lowest BCUT2D eigenvalue weighted by Crippen LogP contribution is -2.22. The number of nitrogens with zero attached hydrogens (tertiary/aromatic N) is 2. The van der Waals surface area contributed by atoms with Crippen LogP contribution in [0.2, 0.25) is 0 Å². The van der Waals surface area contributed by atoms with E-state index in [9.17, 15) is 5.11 Å². The molecule has 0 spiro atoms.